The number of likely N-dealkylation sites (tertiary alicyclic amines) is 1. The smallest absolute Gasteiger partial charge is 0.225 e. The summed E-state index contributed by atoms with van der Waals surface area (Å²) in [6, 6.07) is 26.0. The molecule has 170 valence electrons. The van der Waals surface area contributed by atoms with Gasteiger partial charge in [0.05, 0.1) is 12.5 Å². The molecule has 0 unspecified atom stereocenters. The molecule has 5 nitrogen and oxygen atoms in total. The van der Waals surface area contributed by atoms with Gasteiger partial charge in [-0.2, -0.15) is 0 Å². The number of para-hydroxylation sites is 1. The van der Waals surface area contributed by atoms with E-state index in [4.69, 9.17) is 10.5 Å². The summed E-state index contributed by atoms with van der Waals surface area (Å²) in [6.45, 7) is 0.945. The maximum atomic E-state index is 12.8. The predicted octanol–water partition coefficient (Wildman–Crippen LogP) is 4.24. The van der Waals surface area contributed by atoms with Gasteiger partial charge < -0.3 is 15.4 Å². The van der Waals surface area contributed by atoms with E-state index in [1.807, 2.05) is 78.9 Å². The van der Waals surface area contributed by atoms with Gasteiger partial charge in [-0.1, -0.05) is 72.8 Å². The van der Waals surface area contributed by atoms with Crippen LogP contribution in [-0.2, 0) is 22.4 Å². The van der Waals surface area contributed by atoms with Crippen LogP contribution in [0.25, 0.3) is 11.1 Å². The number of hydrogen-bond acceptors (Lipinski definition) is 3. The van der Waals surface area contributed by atoms with Crippen molar-refractivity contribution in [3.8, 4) is 16.9 Å². The summed E-state index contributed by atoms with van der Waals surface area (Å²) in [5.41, 5.74) is 9.39. The van der Waals surface area contributed by atoms with Gasteiger partial charge in [0.25, 0.3) is 0 Å². The normalized spacial score (nSPS) is 17.7. The van der Waals surface area contributed by atoms with Crippen molar-refractivity contribution < 1.29 is 14.3 Å². The lowest BCUT2D eigenvalue weighted by molar-refractivity contribution is -0.132. The number of hydrogen-bond donors (Lipinski definition) is 1. The number of nitrogens with two attached hydrogens (primary N) is 1. The fourth-order valence-electron chi connectivity index (χ4n) is 4.65. The van der Waals surface area contributed by atoms with Gasteiger partial charge in [-0.25, -0.2) is 0 Å². The van der Waals surface area contributed by atoms with Crippen LogP contribution in [0.2, 0.25) is 0 Å². The first-order chi connectivity index (χ1) is 16.0. The fraction of sp³-hybridized carbons (Fsp3) is 0.286. The Morgan fingerprint density at radius 3 is 2.33 bits per heavy atom. The molecule has 4 rings (SSSR count). The number of benzene rings is 3. The molecule has 0 spiro atoms. The highest BCUT2D eigenvalue weighted by Crippen LogP contribution is 2.36. The molecule has 1 saturated heterocycles. The second-order valence-electron chi connectivity index (χ2n) is 8.77. The molecule has 5 heteroatoms. The monoisotopic (exact) mass is 442 g/mol. The van der Waals surface area contributed by atoms with Crippen molar-refractivity contribution in [3.63, 3.8) is 0 Å². The standard InChI is InChI=1S/C28H30N2O3/c1-33-25-10-6-5-9-24(25)23-14-11-22(12-15-23)19-28(27(29)32)17-18-30(20-28)26(31)16-13-21-7-3-2-4-8-21/h2-12,14-15H,13,16-20H2,1H3,(H2,29,32)/t28-/m0/s1. The third-order valence-corrected chi connectivity index (χ3v) is 6.61. The molecule has 0 aliphatic carbocycles. The Balaban J connectivity index is 1.43. The Morgan fingerprint density at radius 2 is 1.64 bits per heavy atom. The van der Waals surface area contributed by atoms with Crippen LogP contribution in [0.3, 0.4) is 0 Å². The van der Waals surface area contributed by atoms with Crippen molar-refractivity contribution in [1.82, 2.24) is 4.90 Å². The quantitative estimate of drug-likeness (QED) is 0.567. The molecule has 1 heterocycles. The molecule has 1 aliphatic heterocycles. The van der Waals surface area contributed by atoms with Gasteiger partial charge in [0.15, 0.2) is 0 Å². The van der Waals surface area contributed by atoms with Crippen LogP contribution >= 0.6 is 0 Å². The number of aryl methyl sites for hydroxylation is 1. The first kappa shape index (κ1) is 22.6. The van der Waals surface area contributed by atoms with Gasteiger partial charge >= 0.3 is 0 Å². The summed E-state index contributed by atoms with van der Waals surface area (Å²) >= 11 is 0. The Bertz CT molecular complexity index is 1110. The fourth-order valence-corrected chi connectivity index (χ4v) is 4.65. The average molecular weight is 443 g/mol. The highest BCUT2D eigenvalue weighted by molar-refractivity contribution is 5.84. The Morgan fingerprint density at radius 1 is 0.939 bits per heavy atom. The van der Waals surface area contributed by atoms with E-state index in [0.717, 1.165) is 28.0 Å². The van der Waals surface area contributed by atoms with Crippen molar-refractivity contribution in [2.75, 3.05) is 20.2 Å². The summed E-state index contributed by atoms with van der Waals surface area (Å²) in [4.78, 5) is 27.1. The minimum atomic E-state index is -0.728. The molecule has 1 fully saturated rings. The van der Waals surface area contributed by atoms with Crippen molar-refractivity contribution in [2.24, 2.45) is 11.1 Å². The van der Waals surface area contributed by atoms with Crippen molar-refractivity contribution >= 4 is 11.8 Å². The van der Waals surface area contributed by atoms with Gasteiger partial charge in [0.2, 0.25) is 11.8 Å². The summed E-state index contributed by atoms with van der Waals surface area (Å²) < 4.78 is 5.47. The summed E-state index contributed by atoms with van der Waals surface area (Å²) in [5, 5.41) is 0. The van der Waals surface area contributed by atoms with Gasteiger partial charge in [-0.15, -0.1) is 0 Å². The zero-order valence-corrected chi connectivity index (χ0v) is 19.0. The second kappa shape index (κ2) is 9.90. The number of methoxy groups -OCH3 is 1. The van der Waals surface area contributed by atoms with Gasteiger partial charge in [0, 0.05) is 25.1 Å². The van der Waals surface area contributed by atoms with Crippen LogP contribution < -0.4 is 10.5 Å². The molecule has 0 saturated carbocycles. The topological polar surface area (TPSA) is 72.6 Å². The van der Waals surface area contributed by atoms with Crippen molar-refractivity contribution in [1.29, 1.82) is 0 Å². The van der Waals surface area contributed by atoms with E-state index in [1.165, 1.54) is 0 Å². The minimum Gasteiger partial charge on any atom is -0.496 e. The van der Waals surface area contributed by atoms with E-state index in [1.54, 1.807) is 12.0 Å². The van der Waals surface area contributed by atoms with E-state index >= 15 is 0 Å². The number of carbonyl (C=O) groups is 2. The molecule has 0 aromatic heterocycles. The first-order valence-corrected chi connectivity index (χ1v) is 11.3. The highest BCUT2D eigenvalue weighted by Gasteiger charge is 2.44. The van der Waals surface area contributed by atoms with Crippen molar-refractivity contribution in [3.05, 3.63) is 90.0 Å². The number of carbonyl (C=O) groups excluding carboxylic acids is 2. The highest BCUT2D eigenvalue weighted by atomic mass is 16.5. The summed E-state index contributed by atoms with van der Waals surface area (Å²) in [5.74, 6) is 0.558. The molecular weight excluding hydrogens is 412 g/mol. The molecule has 33 heavy (non-hydrogen) atoms. The largest absolute Gasteiger partial charge is 0.496 e. The predicted molar refractivity (Wildman–Crippen MR) is 130 cm³/mol. The van der Waals surface area contributed by atoms with E-state index in [2.05, 4.69) is 0 Å². The number of rotatable bonds is 8. The van der Waals surface area contributed by atoms with Crippen LogP contribution in [0.15, 0.2) is 78.9 Å². The lowest BCUT2D eigenvalue weighted by Gasteiger charge is -2.26. The van der Waals surface area contributed by atoms with Crippen LogP contribution in [0.1, 0.15) is 24.0 Å². The maximum Gasteiger partial charge on any atom is 0.225 e. The second-order valence-corrected chi connectivity index (χ2v) is 8.77. The van der Waals surface area contributed by atoms with Crippen LogP contribution in [0.5, 0.6) is 5.75 Å². The number of nitrogens with zero attached hydrogens (tertiary/aromatic N) is 1. The van der Waals surface area contributed by atoms with Crippen LogP contribution in [-0.4, -0.2) is 36.9 Å². The molecule has 2 N–H and O–H groups in total. The molecule has 0 radical (unpaired) electrons. The Labute approximate surface area is 195 Å². The third-order valence-electron chi connectivity index (χ3n) is 6.61. The van der Waals surface area contributed by atoms with E-state index < -0.39 is 5.41 Å². The van der Waals surface area contributed by atoms with Gasteiger partial charge in [-0.3, -0.25) is 9.59 Å². The molecule has 1 atom stereocenters. The van der Waals surface area contributed by atoms with Gasteiger partial charge in [0.1, 0.15) is 5.75 Å². The number of ether oxygens (including phenoxy) is 1. The van der Waals surface area contributed by atoms with Crippen molar-refractivity contribution in [2.45, 2.75) is 25.7 Å². The van der Waals surface area contributed by atoms with Crippen LogP contribution in [0.4, 0.5) is 0 Å². The molecular formula is C28H30N2O3. The number of amides is 2. The SMILES string of the molecule is COc1ccccc1-c1ccc(C[C@@]2(C(N)=O)CCN(C(=O)CCc3ccccc3)C2)cc1. The lowest BCUT2D eigenvalue weighted by Crippen LogP contribution is -2.42. The third kappa shape index (κ3) is 5.08. The lowest BCUT2D eigenvalue weighted by atomic mass is 9.80. The molecule has 1 aliphatic rings. The zero-order chi connectivity index (χ0) is 23.3. The Kier molecular flexibility index (Phi) is 6.78. The van der Waals surface area contributed by atoms with E-state index in [0.29, 0.717) is 38.8 Å². The Hall–Kier alpha value is -3.60. The molecule has 3 aromatic carbocycles. The summed E-state index contributed by atoms with van der Waals surface area (Å²) in [6.07, 6.45) is 2.25. The van der Waals surface area contributed by atoms with E-state index in [9.17, 15) is 9.59 Å². The minimum absolute atomic E-state index is 0.0773. The van der Waals surface area contributed by atoms with E-state index in [-0.39, 0.29) is 11.8 Å². The van der Waals surface area contributed by atoms with Crippen LogP contribution in [0, 0.1) is 5.41 Å². The number of primary amides is 1. The molecule has 2 amide bonds. The molecule has 0 bridgehead atoms. The average Bonchev–Trinajstić information content (AvgIpc) is 3.29. The zero-order valence-electron chi connectivity index (χ0n) is 19.0. The first-order valence-electron chi connectivity index (χ1n) is 11.3. The summed E-state index contributed by atoms with van der Waals surface area (Å²) in [7, 11) is 1.66. The maximum absolute atomic E-state index is 12.8. The van der Waals surface area contributed by atoms with Gasteiger partial charge in [-0.05, 0) is 42.0 Å². The molecule has 3 aromatic rings.